The molecular weight excluding hydrogens is 256 g/mol. The highest BCUT2D eigenvalue weighted by Gasteiger charge is 2.21. The highest BCUT2D eigenvalue weighted by Crippen LogP contribution is 2.15. The molecule has 3 N–H and O–H groups in total. The van der Waals surface area contributed by atoms with Gasteiger partial charge in [-0.15, -0.1) is 0 Å². The van der Waals surface area contributed by atoms with Gasteiger partial charge in [-0.25, -0.2) is 8.42 Å². The zero-order chi connectivity index (χ0) is 13.9. The number of hydrogen-bond donors (Lipinski definition) is 3. The van der Waals surface area contributed by atoms with E-state index < -0.39 is 21.2 Å². The standard InChI is InChI=1S/C10H18N4O3S/c1-6(2)12-10(15)9-8(5-11-13-9)14-18(16,17)7(3)4/h5-7,14H,1-4H3,(H,11,13)(H,12,15). The van der Waals surface area contributed by atoms with Crippen LogP contribution in [0.2, 0.25) is 0 Å². The number of rotatable bonds is 5. The molecule has 1 aromatic rings. The van der Waals surface area contributed by atoms with Crippen LogP contribution in [0.3, 0.4) is 0 Å². The van der Waals surface area contributed by atoms with E-state index in [2.05, 4.69) is 20.2 Å². The van der Waals surface area contributed by atoms with Crippen LogP contribution in [-0.2, 0) is 10.0 Å². The van der Waals surface area contributed by atoms with Crippen LogP contribution in [0.15, 0.2) is 6.20 Å². The molecule has 0 aromatic carbocycles. The van der Waals surface area contributed by atoms with E-state index in [1.807, 2.05) is 13.8 Å². The third-order valence-corrected chi connectivity index (χ3v) is 3.90. The lowest BCUT2D eigenvalue weighted by atomic mass is 10.3. The molecule has 0 aliphatic carbocycles. The van der Waals surface area contributed by atoms with Crippen LogP contribution in [0.5, 0.6) is 0 Å². The van der Waals surface area contributed by atoms with Gasteiger partial charge in [-0.3, -0.25) is 14.6 Å². The smallest absolute Gasteiger partial charge is 0.271 e. The minimum Gasteiger partial charge on any atom is -0.348 e. The van der Waals surface area contributed by atoms with Crippen molar-refractivity contribution < 1.29 is 13.2 Å². The Morgan fingerprint density at radius 3 is 2.44 bits per heavy atom. The number of nitrogens with one attached hydrogen (secondary N) is 3. The first-order chi connectivity index (χ1) is 8.24. The van der Waals surface area contributed by atoms with Gasteiger partial charge < -0.3 is 5.32 Å². The van der Waals surface area contributed by atoms with Crippen LogP contribution >= 0.6 is 0 Å². The summed E-state index contributed by atoms with van der Waals surface area (Å²) in [4.78, 5) is 11.8. The predicted molar refractivity (Wildman–Crippen MR) is 68.9 cm³/mol. The summed E-state index contributed by atoms with van der Waals surface area (Å²) in [5.74, 6) is -0.399. The molecule has 102 valence electrons. The summed E-state index contributed by atoms with van der Waals surface area (Å²) in [5, 5.41) is 8.23. The Kier molecular flexibility index (Phi) is 4.33. The molecule has 18 heavy (non-hydrogen) atoms. The van der Waals surface area contributed by atoms with Gasteiger partial charge in [0.2, 0.25) is 10.0 Å². The SMILES string of the molecule is CC(C)NC(=O)c1[nH]ncc1NS(=O)(=O)C(C)C. The number of aromatic amines is 1. The van der Waals surface area contributed by atoms with Crippen LogP contribution in [0.25, 0.3) is 0 Å². The molecule has 0 saturated heterocycles. The molecule has 1 amide bonds. The highest BCUT2D eigenvalue weighted by molar-refractivity contribution is 7.93. The van der Waals surface area contributed by atoms with Crippen molar-refractivity contribution in [2.24, 2.45) is 0 Å². The van der Waals surface area contributed by atoms with Crippen molar-refractivity contribution in [3.05, 3.63) is 11.9 Å². The fourth-order valence-corrected chi connectivity index (χ4v) is 1.84. The van der Waals surface area contributed by atoms with E-state index in [1.165, 1.54) is 6.20 Å². The van der Waals surface area contributed by atoms with Gasteiger partial charge in [0, 0.05) is 6.04 Å². The normalized spacial score (nSPS) is 11.9. The summed E-state index contributed by atoms with van der Waals surface area (Å²) in [6.07, 6.45) is 1.27. The van der Waals surface area contributed by atoms with E-state index in [1.54, 1.807) is 13.8 Å². The summed E-state index contributed by atoms with van der Waals surface area (Å²) in [6.45, 7) is 6.73. The molecule has 0 saturated carbocycles. The minimum atomic E-state index is -3.50. The van der Waals surface area contributed by atoms with E-state index in [0.717, 1.165) is 0 Å². The van der Waals surface area contributed by atoms with Gasteiger partial charge in [-0.2, -0.15) is 5.10 Å². The van der Waals surface area contributed by atoms with E-state index >= 15 is 0 Å². The van der Waals surface area contributed by atoms with Crippen LogP contribution in [0.4, 0.5) is 5.69 Å². The highest BCUT2D eigenvalue weighted by atomic mass is 32.2. The maximum Gasteiger partial charge on any atom is 0.271 e. The first kappa shape index (κ1) is 14.5. The zero-order valence-corrected chi connectivity index (χ0v) is 11.6. The Balaban J connectivity index is 2.94. The molecule has 0 spiro atoms. The molecule has 1 rings (SSSR count). The van der Waals surface area contributed by atoms with Gasteiger partial charge in [-0.1, -0.05) is 0 Å². The second-order valence-corrected chi connectivity index (χ2v) is 6.72. The van der Waals surface area contributed by atoms with Crippen LogP contribution in [0.1, 0.15) is 38.2 Å². The second kappa shape index (κ2) is 5.38. The van der Waals surface area contributed by atoms with Crippen molar-refractivity contribution in [3.63, 3.8) is 0 Å². The lowest BCUT2D eigenvalue weighted by molar-refractivity contribution is 0.0939. The molecule has 7 nitrogen and oxygen atoms in total. The lowest BCUT2D eigenvalue weighted by Gasteiger charge is -2.11. The lowest BCUT2D eigenvalue weighted by Crippen LogP contribution is -2.31. The molecule has 0 atom stereocenters. The second-order valence-electron chi connectivity index (χ2n) is 4.48. The molecule has 0 aliphatic heterocycles. The molecular formula is C10H18N4O3S. The summed E-state index contributed by atoms with van der Waals surface area (Å²) in [6, 6.07) is -0.0460. The fraction of sp³-hybridized carbons (Fsp3) is 0.600. The summed E-state index contributed by atoms with van der Waals surface area (Å²) < 4.78 is 25.8. The van der Waals surface area contributed by atoms with E-state index in [4.69, 9.17) is 0 Å². The number of amides is 1. The van der Waals surface area contributed by atoms with Crippen LogP contribution in [-0.4, -0.2) is 35.8 Å². The van der Waals surface area contributed by atoms with E-state index in [0.29, 0.717) is 0 Å². The number of carbonyl (C=O) groups excluding carboxylic acids is 1. The van der Waals surface area contributed by atoms with Crippen molar-refractivity contribution in [3.8, 4) is 0 Å². The van der Waals surface area contributed by atoms with Gasteiger partial charge in [0.25, 0.3) is 5.91 Å². The number of carbonyl (C=O) groups is 1. The van der Waals surface area contributed by atoms with Crippen LogP contribution in [0, 0.1) is 0 Å². The van der Waals surface area contributed by atoms with Crippen molar-refractivity contribution in [1.29, 1.82) is 0 Å². The molecule has 0 fully saturated rings. The van der Waals surface area contributed by atoms with E-state index in [9.17, 15) is 13.2 Å². The minimum absolute atomic E-state index is 0.0460. The Morgan fingerprint density at radius 2 is 1.94 bits per heavy atom. The van der Waals surface area contributed by atoms with Crippen molar-refractivity contribution in [2.75, 3.05) is 4.72 Å². The van der Waals surface area contributed by atoms with Crippen molar-refractivity contribution in [2.45, 2.75) is 39.0 Å². The van der Waals surface area contributed by atoms with Gasteiger partial charge >= 0.3 is 0 Å². The fourth-order valence-electron chi connectivity index (χ4n) is 1.14. The number of anilines is 1. The number of hydrogen-bond acceptors (Lipinski definition) is 4. The maximum absolute atomic E-state index is 11.8. The molecule has 0 bridgehead atoms. The maximum atomic E-state index is 11.8. The third-order valence-electron chi connectivity index (χ3n) is 2.16. The molecule has 0 aliphatic rings. The molecule has 0 unspecified atom stereocenters. The summed E-state index contributed by atoms with van der Waals surface area (Å²) in [5.41, 5.74) is 0.259. The number of sulfonamides is 1. The number of aromatic nitrogens is 2. The summed E-state index contributed by atoms with van der Waals surface area (Å²) in [7, 11) is -3.50. The molecule has 1 heterocycles. The average Bonchev–Trinajstić information content (AvgIpc) is 2.63. The largest absolute Gasteiger partial charge is 0.348 e. The Hall–Kier alpha value is -1.57. The quantitative estimate of drug-likeness (QED) is 0.735. The Morgan fingerprint density at radius 1 is 1.33 bits per heavy atom. The van der Waals surface area contributed by atoms with Gasteiger partial charge in [0.1, 0.15) is 5.69 Å². The monoisotopic (exact) mass is 274 g/mol. The van der Waals surface area contributed by atoms with Gasteiger partial charge in [0.15, 0.2) is 0 Å². The first-order valence-electron chi connectivity index (χ1n) is 5.60. The third kappa shape index (κ3) is 3.46. The zero-order valence-electron chi connectivity index (χ0n) is 10.8. The van der Waals surface area contributed by atoms with Crippen molar-refractivity contribution in [1.82, 2.24) is 15.5 Å². The van der Waals surface area contributed by atoms with Gasteiger partial charge in [0.05, 0.1) is 17.1 Å². The first-order valence-corrected chi connectivity index (χ1v) is 7.14. The summed E-state index contributed by atoms with van der Waals surface area (Å²) >= 11 is 0. The number of nitrogens with zero attached hydrogens (tertiary/aromatic N) is 1. The average molecular weight is 274 g/mol. The Bertz CT molecular complexity index is 519. The topological polar surface area (TPSA) is 104 Å². The van der Waals surface area contributed by atoms with Gasteiger partial charge in [-0.05, 0) is 27.7 Å². The van der Waals surface area contributed by atoms with Crippen molar-refractivity contribution >= 4 is 21.6 Å². The number of H-pyrrole nitrogens is 1. The molecule has 0 radical (unpaired) electrons. The molecule has 8 heteroatoms. The predicted octanol–water partition coefficient (Wildman–Crippen LogP) is 0.698. The van der Waals surface area contributed by atoms with E-state index in [-0.39, 0.29) is 17.4 Å². The van der Waals surface area contributed by atoms with Crippen LogP contribution < -0.4 is 10.0 Å². The Labute approximate surface area is 106 Å². The molecule has 1 aromatic heterocycles.